The van der Waals surface area contributed by atoms with Gasteiger partial charge in [0.15, 0.2) is 0 Å². The van der Waals surface area contributed by atoms with E-state index < -0.39 is 0 Å². The van der Waals surface area contributed by atoms with Crippen LogP contribution < -0.4 is 5.46 Å². The van der Waals surface area contributed by atoms with Gasteiger partial charge in [-0.2, -0.15) is 0 Å². The summed E-state index contributed by atoms with van der Waals surface area (Å²) in [7, 11) is 5.63. The van der Waals surface area contributed by atoms with Crippen LogP contribution in [0.25, 0.3) is 11.1 Å². The minimum atomic E-state index is 0.785. The van der Waals surface area contributed by atoms with Gasteiger partial charge < -0.3 is 0 Å². The van der Waals surface area contributed by atoms with Crippen molar-refractivity contribution >= 4 is 19.6 Å². The molecule has 2 radical (unpaired) electrons. The number of aldehydes is 1. The van der Waals surface area contributed by atoms with Crippen LogP contribution in [0.5, 0.6) is 0 Å². The van der Waals surface area contributed by atoms with E-state index in [1.807, 2.05) is 43.3 Å². The molecular formula is C23H25BO. The molecule has 0 aliphatic heterocycles. The lowest BCUT2D eigenvalue weighted by Crippen LogP contribution is -1.99. The van der Waals surface area contributed by atoms with Gasteiger partial charge in [-0.15, -0.1) is 0 Å². The van der Waals surface area contributed by atoms with Crippen LogP contribution >= 0.6 is 0 Å². The normalized spacial score (nSPS) is 11.4. The lowest BCUT2D eigenvalue weighted by atomic mass is 9.93. The first-order chi connectivity index (χ1) is 12.1. The maximum Gasteiger partial charge on any atom is 0.142 e. The summed E-state index contributed by atoms with van der Waals surface area (Å²) < 4.78 is 0. The number of hydrogen-bond acceptors (Lipinski definition) is 1. The van der Waals surface area contributed by atoms with Gasteiger partial charge in [-0.1, -0.05) is 90.8 Å². The number of allylic oxidation sites excluding steroid dienone is 6. The number of benzene rings is 2. The predicted molar refractivity (Wildman–Crippen MR) is 110 cm³/mol. The minimum Gasteiger partial charge on any atom is -0.299 e. The smallest absolute Gasteiger partial charge is 0.142 e. The van der Waals surface area contributed by atoms with Gasteiger partial charge in [0.25, 0.3) is 0 Å². The molecule has 0 aliphatic rings. The Morgan fingerprint density at radius 1 is 0.960 bits per heavy atom. The minimum absolute atomic E-state index is 0.785. The zero-order valence-electron chi connectivity index (χ0n) is 15.3. The van der Waals surface area contributed by atoms with Crippen molar-refractivity contribution in [2.45, 2.75) is 27.2 Å². The third-order valence-electron chi connectivity index (χ3n) is 3.46. The highest BCUT2D eigenvalue weighted by Crippen LogP contribution is 2.18. The fourth-order valence-corrected chi connectivity index (χ4v) is 2.19. The van der Waals surface area contributed by atoms with Crippen LogP contribution in [0.1, 0.15) is 25.8 Å². The van der Waals surface area contributed by atoms with Gasteiger partial charge in [0.2, 0.25) is 0 Å². The first-order valence-corrected chi connectivity index (χ1v) is 8.48. The average Bonchev–Trinajstić information content (AvgIpc) is 2.62. The van der Waals surface area contributed by atoms with Crippen molar-refractivity contribution in [1.82, 2.24) is 0 Å². The first kappa shape index (κ1) is 20.4. The molecular weight excluding hydrogens is 303 g/mol. The molecule has 0 N–H and O–H groups in total. The van der Waals surface area contributed by atoms with Crippen molar-refractivity contribution in [3.05, 3.63) is 90.0 Å². The van der Waals surface area contributed by atoms with E-state index in [-0.39, 0.29) is 0 Å². The Hall–Kier alpha value is -2.61. The van der Waals surface area contributed by atoms with Crippen LogP contribution in [-0.2, 0) is 4.79 Å². The molecule has 0 saturated heterocycles. The summed E-state index contributed by atoms with van der Waals surface area (Å²) >= 11 is 0. The van der Waals surface area contributed by atoms with Gasteiger partial charge in [-0.05, 0) is 43.0 Å². The van der Waals surface area contributed by atoms with Crippen molar-refractivity contribution in [1.29, 1.82) is 0 Å². The van der Waals surface area contributed by atoms with E-state index in [4.69, 9.17) is 7.85 Å². The van der Waals surface area contributed by atoms with Gasteiger partial charge in [-0.25, -0.2) is 0 Å². The van der Waals surface area contributed by atoms with Gasteiger partial charge in [-0.3, -0.25) is 4.79 Å². The second kappa shape index (κ2) is 11.9. The molecule has 2 rings (SSSR count). The fraction of sp³-hybridized carbons (Fsp3) is 0.174. The summed E-state index contributed by atoms with van der Waals surface area (Å²) in [5.41, 5.74) is 5.61. The molecule has 0 fully saturated rings. The highest BCUT2D eigenvalue weighted by atomic mass is 16.1. The van der Waals surface area contributed by atoms with Gasteiger partial charge in [0.05, 0.1) is 0 Å². The molecule has 0 amide bonds. The van der Waals surface area contributed by atoms with Crippen LogP contribution in [0.15, 0.2) is 84.5 Å². The Labute approximate surface area is 153 Å². The summed E-state index contributed by atoms with van der Waals surface area (Å²) in [5, 5.41) is 0. The lowest BCUT2D eigenvalue weighted by molar-refractivity contribution is -0.104. The molecule has 1 nitrogen and oxygen atoms in total. The van der Waals surface area contributed by atoms with Crippen molar-refractivity contribution < 1.29 is 4.79 Å². The van der Waals surface area contributed by atoms with Crippen LogP contribution in [0.3, 0.4) is 0 Å². The first-order valence-electron chi connectivity index (χ1n) is 8.48. The number of carbonyl (C=O) groups is 1. The van der Waals surface area contributed by atoms with E-state index in [0.29, 0.717) is 0 Å². The molecule has 2 aromatic rings. The zero-order chi connectivity index (χ0) is 18.5. The summed E-state index contributed by atoms with van der Waals surface area (Å²) in [5.74, 6) is 0. The predicted octanol–water partition coefficient (Wildman–Crippen LogP) is 5.11. The Bertz CT molecular complexity index is 676. The zero-order valence-corrected chi connectivity index (χ0v) is 15.3. The van der Waals surface area contributed by atoms with Crippen molar-refractivity contribution in [3.8, 4) is 11.1 Å². The van der Waals surface area contributed by atoms with Crippen molar-refractivity contribution in [2.24, 2.45) is 0 Å². The van der Waals surface area contributed by atoms with Crippen LogP contribution in [0.2, 0.25) is 0 Å². The second-order valence-corrected chi connectivity index (χ2v) is 5.60. The van der Waals surface area contributed by atoms with E-state index in [1.165, 1.54) is 22.8 Å². The van der Waals surface area contributed by atoms with E-state index in [0.717, 1.165) is 23.7 Å². The van der Waals surface area contributed by atoms with Gasteiger partial charge in [0, 0.05) is 0 Å². The Morgan fingerprint density at radius 3 is 2.00 bits per heavy atom. The number of hydrogen-bond donors (Lipinski definition) is 0. The lowest BCUT2D eigenvalue weighted by Gasteiger charge is -2.02. The molecule has 0 aromatic heterocycles. The van der Waals surface area contributed by atoms with E-state index in [1.54, 1.807) is 6.08 Å². The Balaban J connectivity index is 0.000000260. The largest absolute Gasteiger partial charge is 0.299 e. The SMILES string of the molecule is C\C=C/C(/C=C/C=O)=C\CC.[B]c1ccc(-c2ccc(C)cc2)cc1. The molecule has 0 heterocycles. The third-order valence-corrected chi connectivity index (χ3v) is 3.46. The van der Waals surface area contributed by atoms with E-state index >= 15 is 0 Å². The molecule has 25 heavy (non-hydrogen) atoms. The van der Waals surface area contributed by atoms with E-state index in [9.17, 15) is 4.79 Å². The van der Waals surface area contributed by atoms with Crippen molar-refractivity contribution in [3.63, 3.8) is 0 Å². The third kappa shape index (κ3) is 8.17. The average molecular weight is 328 g/mol. The maximum atomic E-state index is 9.98. The molecule has 2 aromatic carbocycles. The monoisotopic (exact) mass is 328 g/mol. The second-order valence-electron chi connectivity index (χ2n) is 5.60. The number of rotatable bonds is 5. The molecule has 126 valence electrons. The van der Waals surface area contributed by atoms with Crippen molar-refractivity contribution in [2.75, 3.05) is 0 Å². The molecule has 2 heteroatoms. The Morgan fingerprint density at radius 2 is 1.52 bits per heavy atom. The van der Waals surface area contributed by atoms with Gasteiger partial charge >= 0.3 is 0 Å². The quantitative estimate of drug-likeness (QED) is 0.323. The molecule has 0 saturated carbocycles. The number of aryl methyl sites for hydroxylation is 1. The highest BCUT2D eigenvalue weighted by Gasteiger charge is 1.95. The van der Waals surface area contributed by atoms with Crippen LogP contribution in [-0.4, -0.2) is 14.1 Å². The van der Waals surface area contributed by atoms with E-state index in [2.05, 4.69) is 44.2 Å². The van der Waals surface area contributed by atoms with Crippen LogP contribution in [0.4, 0.5) is 0 Å². The molecule has 0 aliphatic carbocycles. The standard InChI is InChI=1S/C13H11B.C10H14O/c1-10-2-4-11(5-3-10)12-6-8-13(14)9-7-12;1-3-6-10(7-4-2)8-5-9-11/h2-9H,1H3;3,5-9H,4H2,1-2H3/b;6-3-,8-5+,10-7+. The highest BCUT2D eigenvalue weighted by molar-refractivity contribution is 6.32. The van der Waals surface area contributed by atoms with Crippen LogP contribution in [0, 0.1) is 6.92 Å². The molecule has 0 unspecified atom stereocenters. The molecule has 0 bridgehead atoms. The Kier molecular flexibility index (Phi) is 9.69. The summed E-state index contributed by atoms with van der Waals surface area (Å²) in [6, 6.07) is 16.4. The molecule has 0 atom stereocenters. The summed E-state index contributed by atoms with van der Waals surface area (Å²) in [4.78, 5) is 9.98. The maximum absolute atomic E-state index is 9.98. The molecule has 0 spiro atoms. The summed E-state index contributed by atoms with van der Waals surface area (Å²) in [6.07, 6.45) is 11.1. The fourth-order valence-electron chi connectivity index (χ4n) is 2.19. The van der Waals surface area contributed by atoms with Gasteiger partial charge in [0.1, 0.15) is 14.1 Å². The summed E-state index contributed by atoms with van der Waals surface area (Å²) in [6.45, 7) is 6.11. The number of carbonyl (C=O) groups excluding carboxylic acids is 1. The topological polar surface area (TPSA) is 17.1 Å².